The fourth-order valence-electron chi connectivity index (χ4n) is 1.61. The largest absolute Gasteiger partial charge is 0.440 e. The third-order valence-electron chi connectivity index (χ3n) is 2.43. The lowest BCUT2D eigenvalue weighted by Crippen LogP contribution is -2.54. The van der Waals surface area contributed by atoms with Crippen LogP contribution in [-0.4, -0.2) is 41.6 Å². The summed E-state index contributed by atoms with van der Waals surface area (Å²) in [6, 6.07) is 0. The number of rotatable bonds is 2. The highest BCUT2D eigenvalue weighted by molar-refractivity contribution is 5.69. The molecule has 72 valence electrons. The van der Waals surface area contributed by atoms with Gasteiger partial charge in [-0.2, -0.15) is 0 Å². The fourth-order valence-corrected chi connectivity index (χ4v) is 1.61. The molecule has 0 N–H and O–H groups in total. The Hall–Kier alpha value is -1.19. The number of hydrogen-bond acceptors (Lipinski definition) is 4. The van der Waals surface area contributed by atoms with Crippen LogP contribution in [0.4, 0.5) is 0 Å². The highest BCUT2D eigenvalue weighted by atomic mass is 16.6. The molecule has 0 aliphatic carbocycles. The molecule has 0 aromatic heterocycles. The number of piperazine rings is 1. The standard InChI is InChI=1S/C9H14N2O2/c1-2-9(12)13-8-7-10-3-5-11(8)6-4-10/h3,5,8H,2,4,6-7H2,1H3. The van der Waals surface area contributed by atoms with Crippen molar-refractivity contribution in [2.75, 3.05) is 19.6 Å². The summed E-state index contributed by atoms with van der Waals surface area (Å²) < 4.78 is 5.27. The van der Waals surface area contributed by atoms with E-state index in [2.05, 4.69) is 9.80 Å². The van der Waals surface area contributed by atoms with Gasteiger partial charge < -0.3 is 14.5 Å². The van der Waals surface area contributed by atoms with E-state index in [0.717, 1.165) is 19.6 Å². The molecule has 13 heavy (non-hydrogen) atoms. The van der Waals surface area contributed by atoms with Gasteiger partial charge in [-0.25, -0.2) is 0 Å². The lowest BCUT2D eigenvalue weighted by atomic mass is 10.2. The Morgan fingerprint density at radius 2 is 2.38 bits per heavy atom. The van der Waals surface area contributed by atoms with Crippen molar-refractivity contribution in [2.24, 2.45) is 0 Å². The molecule has 0 spiro atoms. The number of fused-ring (bicyclic) bond motifs is 2. The first-order valence-electron chi connectivity index (χ1n) is 4.67. The first kappa shape index (κ1) is 8.41. The van der Waals surface area contributed by atoms with E-state index < -0.39 is 0 Å². The van der Waals surface area contributed by atoms with Gasteiger partial charge >= 0.3 is 5.97 Å². The van der Waals surface area contributed by atoms with Gasteiger partial charge in [-0.05, 0) is 0 Å². The zero-order valence-electron chi connectivity index (χ0n) is 7.77. The SMILES string of the molecule is CCC(=O)OC1CN2C=CN1CC2. The number of esters is 1. The van der Waals surface area contributed by atoms with Gasteiger partial charge in [0.1, 0.15) is 0 Å². The molecule has 1 atom stereocenters. The van der Waals surface area contributed by atoms with E-state index in [1.165, 1.54) is 0 Å². The molecule has 1 unspecified atom stereocenters. The summed E-state index contributed by atoms with van der Waals surface area (Å²) in [7, 11) is 0. The monoisotopic (exact) mass is 182 g/mol. The molecular weight excluding hydrogens is 168 g/mol. The van der Waals surface area contributed by atoms with Gasteiger partial charge in [0.25, 0.3) is 0 Å². The molecule has 0 amide bonds. The lowest BCUT2D eigenvalue weighted by Gasteiger charge is -2.43. The smallest absolute Gasteiger partial charge is 0.307 e. The Morgan fingerprint density at radius 1 is 1.54 bits per heavy atom. The molecule has 4 heteroatoms. The molecule has 3 heterocycles. The predicted molar refractivity (Wildman–Crippen MR) is 47.6 cm³/mol. The van der Waals surface area contributed by atoms with Crippen molar-refractivity contribution >= 4 is 5.97 Å². The zero-order chi connectivity index (χ0) is 9.26. The van der Waals surface area contributed by atoms with Crippen LogP contribution in [0, 0.1) is 0 Å². The van der Waals surface area contributed by atoms with E-state index in [1.54, 1.807) is 0 Å². The quantitative estimate of drug-likeness (QED) is 0.578. The van der Waals surface area contributed by atoms with Crippen LogP contribution in [0.3, 0.4) is 0 Å². The van der Waals surface area contributed by atoms with Gasteiger partial charge in [0.2, 0.25) is 0 Å². The molecule has 2 bridgehead atoms. The van der Waals surface area contributed by atoms with Crippen molar-refractivity contribution in [3.63, 3.8) is 0 Å². The van der Waals surface area contributed by atoms with Crippen LogP contribution in [-0.2, 0) is 9.53 Å². The van der Waals surface area contributed by atoms with Crippen LogP contribution in [0.5, 0.6) is 0 Å². The molecule has 0 saturated carbocycles. The van der Waals surface area contributed by atoms with Crippen molar-refractivity contribution in [3.05, 3.63) is 12.4 Å². The van der Waals surface area contributed by atoms with Gasteiger partial charge in [-0.1, -0.05) is 6.92 Å². The Kier molecular flexibility index (Phi) is 2.12. The van der Waals surface area contributed by atoms with Gasteiger partial charge in [0.05, 0.1) is 6.54 Å². The second-order valence-corrected chi connectivity index (χ2v) is 3.33. The van der Waals surface area contributed by atoms with E-state index in [0.29, 0.717) is 6.42 Å². The molecule has 3 aliphatic rings. The molecule has 3 rings (SSSR count). The summed E-state index contributed by atoms with van der Waals surface area (Å²) in [4.78, 5) is 15.3. The van der Waals surface area contributed by atoms with Crippen molar-refractivity contribution < 1.29 is 9.53 Å². The first-order valence-corrected chi connectivity index (χ1v) is 4.67. The highest BCUT2D eigenvalue weighted by Crippen LogP contribution is 2.17. The minimum Gasteiger partial charge on any atom is -0.440 e. The van der Waals surface area contributed by atoms with E-state index in [9.17, 15) is 4.79 Å². The van der Waals surface area contributed by atoms with Crippen LogP contribution < -0.4 is 0 Å². The Balaban J connectivity index is 1.95. The van der Waals surface area contributed by atoms with Gasteiger partial charge in [-0.15, -0.1) is 0 Å². The number of carbonyl (C=O) groups excluding carboxylic acids is 1. The van der Waals surface area contributed by atoms with E-state index in [-0.39, 0.29) is 12.2 Å². The topological polar surface area (TPSA) is 32.8 Å². The maximum absolute atomic E-state index is 11.1. The molecule has 0 aromatic carbocycles. The normalized spacial score (nSPS) is 25.2. The maximum Gasteiger partial charge on any atom is 0.307 e. The molecule has 0 radical (unpaired) electrons. The average Bonchev–Trinajstić information content (AvgIpc) is 2.19. The van der Waals surface area contributed by atoms with Crippen LogP contribution in [0.2, 0.25) is 0 Å². The van der Waals surface area contributed by atoms with Gasteiger partial charge in [0, 0.05) is 31.9 Å². The second kappa shape index (κ2) is 3.28. The second-order valence-electron chi connectivity index (χ2n) is 3.33. The van der Waals surface area contributed by atoms with E-state index >= 15 is 0 Å². The maximum atomic E-state index is 11.1. The van der Waals surface area contributed by atoms with Crippen LogP contribution >= 0.6 is 0 Å². The molecular formula is C9H14N2O2. The average molecular weight is 182 g/mol. The third kappa shape index (κ3) is 1.61. The molecule has 3 aliphatic heterocycles. The first-order chi connectivity index (χ1) is 6.29. The zero-order valence-corrected chi connectivity index (χ0v) is 7.77. The Labute approximate surface area is 77.8 Å². The van der Waals surface area contributed by atoms with Crippen molar-refractivity contribution in [2.45, 2.75) is 19.6 Å². The summed E-state index contributed by atoms with van der Waals surface area (Å²) >= 11 is 0. The van der Waals surface area contributed by atoms with Gasteiger partial charge in [-0.3, -0.25) is 4.79 Å². The summed E-state index contributed by atoms with van der Waals surface area (Å²) in [5, 5.41) is 0. The van der Waals surface area contributed by atoms with Crippen molar-refractivity contribution in [1.29, 1.82) is 0 Å². The number of carbonyl (C=O) groups is 1. The number of hydrogen-bond donors (Lipinski definition) is 0. The Bertz CT molecular complexity index is 240. The van der Waals surface area contributed by atoms with Crippen molar-refractivity contribution in [3.8, 4) is 0 Å². The summed E-state index contributed by atoms with van der Waals surface area (Å²) in [5.41, 5.74) is 0. The predicted octanol–water partition coefficient (Wildman–Crippen LogP) is 0.368. The van der Waals surface area contributed by atoms with E-state index in [1.807, 2.05) is 19.3 Å². The van der Waals surface area contributed by atoms with E-state index in [4.69, 9.17) is 4.74 Å². The molecule has 1 saturated heterocycles. The minimum atomic E-state index is -0.118. The summed E-state index contributed by atoms with van der Waals surface area (Å²) in [6.45, 7) is 4.62. The molecule has 0 aromatic rings. The molecule has 1 fully saturated rings. The summed E-state index contributed by atoms with van der Waals surface area (Å²) in [5.74, 6) is -0.118. The van der Waals surface area contributed by atoms with Gasteiger partial charge in [0.15, 0.2) is 6.23 Å². The summed E-state index contributed by atoms with van der Waals surface area (Å²) in [6.07, 6.45) is 4.42. The van der Waals surface area contributed by atoms with Crippen LogP contribution in [0.15, 0.2) is 12.4 Å². The van der Waals surface area contributed by atoms with Crippen molar-refractivity contribution in [1.82, 2.24) is 9.80 Å². The number of nitrogens with zero attached hydrogens (tertiary/aromatic N) is 2. The van der Waals surface area contributed by atoms with Crippen LogP contribution in [0.1, 0.15) is 13.3 Å². The minimum absolute atomic E-state index is 0.0637. The Morgan fingerprint density at radius 3 is 2.85 bits per heavy atom. The third-order valence-corrected chi connectivity index (χ3v) is 2.43. The fraction of sp³-hybridized carbons (Fsp3) is 0.667. The molecule has 4 nitrogen and oxygen atoms in total. The number of ether oxygens (including phenoxy) is 1. The highest BCUT2D eigenvalue weighted by Gasteiger charge is 2.29. The van der Waals surface area contributed by atoms with Crippen LogP contribution in [0.25, 0.3) is 0 Å². The lowest BCUT2D eigenvalue weighted by molar-refractivity contribution is -0.162.